The molecule has 5 heteroatoms. The molecule has 1 atom stereocenters. The van der Waals surface area contributed by atoms with Crippen molar-refractivity contribution in [1.29, 1.82) is 0 Å². The number of hydrogen-bond donors (Lipinski definition) is 1. The molecule has 0 aliphatic rings. The van der Waals surface area contributed by atoms with Crippen LogP contribution in [0.5, 0.6) is 0 Å². The quantitative estimate of drug-likeness (QED) is 0.617. The van der Waals surface area contributed by atoms with Crippen molar-refractivity contribution in [2.75, 3.05) is 5.88 Å². The Kier molecular flexibility index (Phi) is 3.77. The van der Waals surface area contributed by atoms with E-state index in [9.17, 15) is 13.2 Å². The maximum Gasteiger partial charge on any atom is 0.161 e. The lowest BCUT2D eigenvalue weighted by Crippen LogP contribution is -2.13. The molecule has 1 rings (SSSR count). The number of rotatable bonds is 3. The third-order valence-electron chi connectivity index (χ3n) is 1.72. The number of hydrogen-bond acceptors (Lipinski definition) is 1. The van der Waals surface area contributed by atoms with Gasteiger partial charge in [0, 0.05) is 18.4 Å². The van der Waals surface area contributed by atoms with Gasteiger partial charge in [0.1, 0.15) is 5.82 Å². The molecule has 0 bridgehead atoms. The van der Waals surface area contributed by atoms with Crippen LogP contribution in [0, 0.1) is 17.5 Å². The summed E-state index contributed by atoms with van der Waals surface area (Å²) in [5, 5.41) is 9.08. The second-order valence-corrected chi connectivity index (χ2v) is 3.18. The molecule has 0 aromatic heterocycles. The Labute approximate surface area is 84.1 Å². The van der Waals surface area contributed by atoms with Gasteiger partial charge in [-0.2, -0.15) is 0 Å². The average Bonchev–Trinajstić information content (AvgIpc) is 2.14. The summed E-state index contributed by atoms with van der Waals surface area (Å²) in [6.07, 6.45) is -1.09. The Morgan fingerprint density at radius 3 is 2.29 bits per heavy atom. The summed E-state index contributed by atoms with van der Waals surface area (Å²) in [4.78, 5) is 0. The molecule has 0 amide bonds. The first-order valence-electron chi connectivity index (χ1n) is 3.92. The highest BCUT2D eigenvalue weighted by atomic mass is 35.5. The molecule has 0 heterocycles. The van der Waals surface area contributed by atoms with E-state index in [0.29, 0.717) is 6.07 Å². The van der Waals surface area contributed by atoms with E-state index in [2.05, 4.69) is 0 Å². The van der Waals surface area contributed by atoms with E-state index in [-0.39, 0.29) is 17.9 Å². The predicted molar refractivity (Wildman–Crippen MR) is 46.7 cm³/mol. The van der Waals surface area contributed by atoms with Gasteiger partial charge in [0.2, 0.25) is 0 Å². The molecule has 0 fully saturated rings. The van der Waals surface area contributed by atoms with E-state index in [1.54, 1.807) is 0 Å². The highest BCUT2D eigenvalue weighted by Crippen LogP contribution is 2.15. The molecular formula is C9H8ClF3O. The monoisotopic (exact) mass is 224 g/mol. The standard InChI is InChI=1S/C9H8ClF3O/c10-4-6(14)1-5-2-8(12)9(13)3-7(5)11/h2-3,6,14H,1,4H2/t6-/m1/s1. The van der Waals surface area contributed by atoms with Crippen molar-refractivity contribution >= 4 is 11.6 Å². The van der Waals surface area contributed by atoms with Crippen molar-refractivity contribution in [3.8, 4) is 0 Å². The Hall–Kier alpha value is -0.740. The topological polar surface area (TPSA) is 20.2 Å². The minimum absolute atomic E-state index is 0.0849. The maximum absolute atomic E-state index is 13.0. The Morgan fingerprint density at radius 1 is 1.14 bits per heavy atom. The lowest BCUT2D eigenvalue weighted by molar-refractivity contribution is 0.197. The van der Waals surface area contributed by atoms with E-state index in [0.717, 1.165) is 6.07 Å². The summed E-state index contributed by atoms with van der Waals surface area (Å²) >= 11 is 5.29. The zero-order valence-electron chi connectivity index (χ0n) is 7.11. The first kappa shape index (κ1) is 11.3. The molecule has 0 aliphatic carbocycles. The normalized spacial score (nSPS) is 12.9. The smallest absolute Gasteiger partial charge is 0.161 e. The van der Waals surface area contributed by atoms with Crippen LogP contribution in [0.2, 0.25) is 0 Å². The summed E-state index contributed by atoms with van der Waals surface area (Å²) in [7, 11) is 0. The van der Waals surface area contributed by atoms with E-state index >= 15 is 0 Å². The summed E-state index contributed by atoms with van der Waals surface area (Å²) in [5.41, 5.74) is -0.0861. The lowest BCUT2D eigenvalue weighted by atomic mass is 10.1. The Balaban J connectivity index is 2.92. The zero-order chi connectivity index (χ0) is 10.7. The second kappa shape index (κ2) is 4.66. The molecular weight excluding hydrogens is 217 g/mol. The summed E-state index contributed by atoms with van der Waals surface area (Å²) in [6, 6.07) is 1.17. The van der Waals surface area contributed by atoms with Crippen LogP contribution in [0.3, 0.4) is 0 Å². The van der Waals surface area contributed by atoms with Crippen LogP contribution in [0.15, 0.2) is 12.1 Å². The third-order valence-corrected chi connectivity index (χ3v) is 2.08. The second-order valence-electron chi connectivity index (χ2n) is 2.87. The fourth-order valence-corrected chi connectivity index (χ4v) is 1.14. The van der Waals surface area contributed by atoms with Crippen molar-refractivity contribution in [3.05, 3.63) is 35.1 Å². The molecule has 1 aromatic rings. The van der Waals surface area contributed by atoms with Crippen LogP contribution >= 0.6 is 11.6 Å². The lowest BCUT2D eigenvalue weighted by Gasteiger charge is -2.07. The first-order chi connectivity index (χ1) is 6.54. The van der Waals surface area contributed by atoms with Gasteiger partial charge in [-0.1, -0.05) is 0 Å². The van der Waals surface area contributed by atoms with Gasteiger partial charge in [-0.15, -0.1) is 11.6 Å². The summed E-state index contributed by atoms with van der Waals surface area (Å²) in [5.74, 6) is -3.35. The van der Waals surface area contributed by atoms with Gasteiger partial charge < -0.3 is 5.11 Å². The molecule has 0 aliphatic heterocycles. The van der Waals surface area contributed by atoms with Crippen molar-refractivity contribution in [2.24, 2.45) is 0 Å². The van der Waals surface area contributed by atoms with Gasteiger partial charge in [0.25, 0.3) is 0 Å². The van der Waals surface area contributed by atoms with Crippen LogP contribution in [-0.2, 0) is 6.42 Å². The van der Waals surface area contributed by atoms with Crippen LogP contribution in [-0.4, -0.2) is 17.1 Å². The number of aliphatic hydroxyl groups excluding tert-OH is 1. The third kappa shape index (κ3) is 2.62. The number of halogens is 4. The van der Waals surface area contributed by atoms with Crippen molar-refractivity contribution in [1.82, 2.24) is 0 Å². The van der Waals surface area contributed by atoms with Gasteiger partial charge in [-0.25, -0.2) is 13.2 Å². The molecule has 0 saturated carbocycles. The molecule has 0 radical (unpaired) electrons. The summed E-state index contributed by atoms with van der Waals surface area (Å²) < 4.78 is 38.1. The molecule has 14 heavy (non-hydrogen) atoms. The van der Waals surface area contributed by atoms with E-state index < -0.39 is 23.6 Å². The van der Waals surface area contributed by atoms with Crippen LogP contribution in [0.1, 0.15) is 5.56 Å². The maximum atomic E-state index is 13.0. The van der Waals surface area contributed by atoms with E-state index in [1.165, 1.54) is 0 Å². The summed E-state index contributed by atoms with van der Waals surface area (Å²) in [6.45, 7) is 0. The van der Waals surface area contributed by atoms with Gasteiger partial charge in [0.05, 0.1) is 6.10 Å². The van der Waals surface area contributed by atoms with Gasteiger partial charge in [-0.3, -0.25) is 0 Å². The highest BCUT2D eigenvalue weighted by Gasteiger charge is 2.12. The fourth-order valence-electron chi connectivity index (χ4n) is 1.03. The van der Waals surface area contributed by atoms with E-state index in [1.807, 2.05) is 0 Å². The average molecular weight is 225 g/mol. The Bertz CT molecular complexity index is 330. The number of aliphatic hydroxyl groups is 1. The molecule has 0 unspecified atom stereocenters. The first-order valence-corrected chi connectivity index (χ1v) is 4.45. The fraction of sp³-hybridized carbons (Fsp3) is 0.333. The molecule has 0 spiro atoms. The zero-order valence-corrected chi connectivity index (χ0v) is 7.86. The number of alkyl halides is 1. The van der Waals surface area contributed by atoms with Crippen molar-refractivity contribution in [2.45, 2.75) is 12.5 Å². The largest absolute Gasteiger partial charge is 0.392 e. The van der Waals surface area contributed by atoms with Gasteiger partial charge in [-0.05, 0) is 11.6 Å². The molecule has 0 saturated heterocycles. The van der Waals surface area contributed by atoms with Crippen LogP contribution < -0.4 is 0 Å². The number of benzene rings is 1. The van der Waals surface area contributed by atoms with Gasteiger partial charge in [0.15, 0.2) is 11.6 Å². The molecule has 78 valence electrons. The highest BCUT2D eigenvalue weighted by molar-refractivity contribution is 6.18. The van der Waals surface area contributed by atoms with Gasteiger partial charge >= 0.3 is 0 Å². The minimum atomic E-state index is -1.24. The predicted octanol–water partition coefficient (Wildman–Crippen LogP) is 2.25. The molecule has 1 nitrogen and oxygen atoms in total. The minimum Gasteiger partial charge on any atom is -0.392 e. The SMILES string of the molecule is O[C@@H](CCl)Cc1cc(F)c(F)cc1F. The van der Waals surface area contributed by atoms with E-state index in [4.69, 9.17) is 16.7 Å². The Morgan fingerprint density at radius 2 is 1.71 bits per heavy atom. The molecule has 1 aromatic carbocycles. The van der Waals surface area contributed by atoms with Crippen molar-refractivity contribution in [3.63, 3.8) is 0 Å². The van der Waals surface area contributed by atoms with Crippen molar-refractivity contribution < 1.29 is 18.3 Å². The van der Waals surface area contributed by atoms with Crippen LogP contribution in [0.25, 0.3) is 0 Å². The molecule has 1 N–H and O–H groups in total. The van der Waals surface area contributed by atoms with Crippen LogP contribution in [0.4, 0.5) is 13.2 Å².